The summed E-state index contributed by atoms with van der Waals surface area (Å²) >= 11 is 2.80. The second-order valence-electron chi connectivity index (χ2n) is 3.23. The predicted molar refractivity (Wildman–Crippen MR) is 60.8 cm³/mol. The normalized spacial score (nSPS) is 10.9. The first kappa shape index (κ1) is 14.5. The van der Waals surface area contributed by atoms with Gasteiger partial charge in [-0.05, 0) is 12.1 Å². The van der Waals surface area contributed by atoms with E-state index in [0.29, 0.717) is 0 Å². The monoisotopic (exact) mass is 321 g/mol. The number of halogens is 4. The van der Waals surface area contributed by atoms with Crippen LogP contribution in [-0.2, 0) is 6.18 Å². The Morgan fingerprint density at radius 2 is 2.11 bits per heavy atom. The van der Waals surface area contributed by atoms with Crippen molar-refractivity contribution in [1.29, 1.82) is 5.26 Å². The molecule has 0 bridgehead atoms. The second-order valence-corrected chi connectivity index (χ2v) is 3.79. The molecule has 1 rings (SSSR count). The number of ether oxygens (including phenoxy) is 1. The number of nitriles is 1. The number of alkyl halides is 4. The molecule has 0 fully saturated rings. The van der Waals surface area contributed by atoms with E-state index in [2.05, 4.69) is 15.9 Å². The Hall–Kier alpha value is -1.55. The maximum absolute atomic E-state index is 12.9. The third kappa shape index (κ3) is 2.64. The standard InChI is InChI=1S/C11H7BrF3NO2/c1-18-9-3-2-6(8(17)4-12)10(7(9)5-16)11(13,14)15/h2-3H,4H2,1H3. The van der Waals surface area contributed by atoms with Crippen molar-refractivity contribution in [2.45, 2.75) is 6.18 Å². The molecule has 0 saturated carbocycles. The van der Waals surface area contributed by atoms with Crippen molar-refractivity contribution in [3.8, 4) is 11.8 Å². The molecule has 0 radical (unpaired) electrons. The second kappa shape index (κ2) is 5.40. The van der Waals surface area contributed by atoms with Gasteiger partial charge in [0.25, 0.3) is 0 Å². The molecular formula is C11H7BrF3NO2. The van der Waals surface area contributed by atoms with Crippen LogP contribution in [0.25, 0.3) is 0 Å². The average molecular weight is 322 g/mol. The summed E-state index contributed by atoms with van der Waals surface area (Å²) in [5.74, 6) is -0.961. The Kier molecular flexibility index (Phi) is 4.35. The first-order chi connectivity index (χ1) is 8.36. The van der Waals surface area contributed by atoms with Crippen molar-refractivity contribution in [2.75, 3.05) is 12.4 Å². The lowest BCUT2D eigenvalue weighted by Crippen LogP contribution is -2.16. The van der Waals surface area contributed by atoms with Gasteiger partial charge in [-0.1, -0.05) is 15.9 Å². The van der Waals surface area contributed by atoms with Gasteiger partial charge in [-0.15, -0.1) is 0 Å². The molecule has 0 spiro atoms. The first-order valence-corrected chi connectivity index (χ1v) is 5.76. The Morgan fingerprint density at radius 3 is 2.50 bits per heavy atom. The van der Waals surface area contributed by atoms with Crippen molar-refractivity contribution in [2.24, 2.45) is 0 Å². The number of carbonyl (C=O) groups is 1. The molecule has 0 aliphatic rings. The SMILES string of the molecule is COc1ccc(C(=O)CBr)c(C(F)(F)F)c1C#N. The van der Waals surface area contributed by atoms with Crippen molar-refractivity contribution in [3.63, 3.8) is 0 Å². The van der Waals surface area contributed by atoms with Gasteiger partial charge in [-0.25, -0.2) is 0 Å². The molecule has 0 aliphatic heterocycles. The van der Waals surface area contributed by atoms with Gasteiger partial charge in [0.15, 0.2) is 5.78 Å². The number of nitrogens with zero attached hydrogens (tertiary/aromatic N) is 1. The van der Waals surface area contributed by atoms with Crippen LogP contribution in [-0.4, -0.2) is 18.2 Å². The molecule has 1 aromatic rings. The van der Waals surface area contributed by atoms with E-state index in [1.807, 2.05) is 0 Å². The van der Waals surface area contributed by atoms with Crippen molar-refractivity contribution in [3.05, 3.63) is 28.8 Å². The van der Waals surface area contributed by atoms with Gasteiger partial charge in [-0.2, -0.15) is 18.4 Å². The number of hydrogen-bond acceptors (Lipinski definition) is 3. The zero-order chi connectivity index (χ0) is 13.9. The summed E-state index contributed by atoms with van der Waals surface area (Å²) in [4.78, 5) is 11.5. The van der Waals surface area contributed by atoms with E-state index in [-0.39, 0.29) is 11.1 Å². The molecule has 0 aliphatic carbocycles. The summed E-state index contributed by atoms with van der Waals surface area (Å²) in [6.07, 6.45) is -4.80. The molecule has 18 heavy (non-hydrogen) atoms. The summed E-state index contributed by atoms with van der Waals surface area (Å²) in [5.41, 5.74) is -2.48. The van der Waals surface area contributed by atoms with E-state index in [4.69, 9.17) is 10.00 Å². The third-order valence-corrected chi connectivity index (χ3v) is 2.71. The van der Waals surface area contributed by atoms with Crippen LogP contribution in [0.15, 0.2) is 12.1 Å². The molecule has 0 aromatic heterocycles. The number of ketones is 1. The van der Waals surface area contributed by atoms with Gasteiger partial charge < -0.3 is 4.74 Å². The number of carbonyl (C=O) groups excluding carboxylic acids is 1. The highest BCUT2D eigenvalue weighted by Gasteiger charge is 2.39. The number of benzene rings is 1. The van der Waals surface area contributed by atoms with Crippen molar-refractivity contribution >= 4 is 21.7 Å². The highest BCUT2D eigenvalue weighted by Crippen LogP contribution is 2.38. The van der Waals surface area contributed by atoms with Crippen LogP contribution in [0.1, 0.15) is 21.5 Å². The number of methoxy groups -OCH3 is 1. The fourth-order valence-electron chi connectivity index (χ4n) is 1.46. The van der Waals surface area contributed by atoms with Gasteiger partial charge >= 0.3 is 6.18 Å². The lowest BCUT2D eigenvalue weighted by Gasteiger charge is -2.15. The summed E-state index contributed by atoms with van der Waals surface area (Å²) in [6.45, 7) is 0. The smallest absolute Gasteiger partial charge is 0.418 e. The van der Waals surface area contributed by atoms with E-state index in [1.54, 1.807) is 0 Å². The van der Waals surface area contributed by atoms with Gasteiger partial charge in [0.05, 0.1) is 18.0 Å². The van der Waals surface area contributed by atoms with Crippen LogP contribution < -0.4 is 4.74 Å². The quantitative estimate of drug-likeness (QED) is 0.634. The van der Waals surface area contributed by atoms with E-state index >= 15 is 0 Å². The highest BCUT2D eigenvalue weighted by atomic mass is 79.9. The fraction of sp³-hybridized carbons (Fsp3) is 0.273. The van der Waals surface area contributed by atoms with Crippen LogP contribution >= 0.6 is 15.9 Å². The summed E-state index contributed by atoms with van der Waals surface area (Å²) in [5, 5.41) is 8.56. The average Bonchev–Trinajstić information content (AvgIpc) is 2.34. The zero-order valence-electron chi connectivity index (χ0n) is 9.14. The van der Waals surface area contributed by atoms with Gasteiger partial charge in [0, 0.05) is 5.56 Å². The minimum absolute atomic E-state index is 0.212. The Labute approximate surface area is 109 Å². The van der Waals surface area contributed by atoms with Crippen LogP contribution in [0.4, 0.5) is 13.2 Å². The van der Waals surface area contributed by atoms with E-state index in [0.717, 1.165) is 13.2 Å². The van der Waals surface area contributed by atoms with Gasteiger partial charge in [-0.3, -0.25) is 4.79 Å². The van der Waals surface area contributed by atoms with E-state index in [9.17, 15) is 18.0 Å². The Balaban J connectivity index is 3.67. The van der Waals surface area contributed by atoms with Crippen LogP contribution in [0, 0.1) is 11.3 Å². The summed E-state index contributed by atoms with van der Waals surface area (Å²) < 4.78 is 43.5. The molecule has 0 saturated heterocycles. The largest absolute Gasteiger partial charge is 0.495 e. The van der Waals surface area contributed by atoms with E-state index in [1.165, 1.54) is 12.1 Å². The van der Waals surface area contributed by atoms with Gasteiger partial charge in [0.1, 0.15) is 17.4 Å². The lowest BCUT2D eigenvalue weighted by molar-refractivity contribution is -0.138. The minimum Gasteiger partial charge on any atom is -0.495 e. The molecule has 1 aromatic carbocycles. The van der Waals surface area contributed by atoms with Crippen LogP contribution in [0.3, 0.4) is 0 Å². The maximum atomic E-state index is 12.9. The van der Waals surface area contributed by atoms with Crippen molar-refractivity contribution in [1.82, 2.24) is 0 Å². The van der Waals surface area contributed by atoms with Crippen LogP contribution in [0.2, 0.25) is 0 Å². The first-order valence-electron chi connectivity index (χ1n) is 4.64. The predicted octanol–water partition coefficient (Wildman–Crippen LogP) is 3.16. The molecule has 7 heteroatoms. The minimum atomic E-state index is -4.80. The summed E-state index contributed by atoms with van der Waals surface area (Å²) in [6, 6.07) is 3.60. The number of rotatable bonds is 3. The molecule has 0 N–H and O–H groups in total. The molecule has 0 atom stereocenters. The highest BCUT2D eigenvalue weighted by molar-refractivity contribution is 9.09. The third-order valence-electron chi connectivity index (χ3n) is 2.20. The topological polar surface area (TPSA) is 50.1 Å². The molecule has 0 amide bonds. The van der Waals surface area contributed by atoms with Gasteiger partial charge in [0.2, 0.25) is 0 Å². The molecular weight excluding hydrogens is 315 g/mol. The van der Waals surface area contributed by atoms with E-state index < -0.39 is 28.6 Å². The molecule has 3 nitrogen and oxygen atoms in total. The summed E-state index contributed by atoms with van der Waals surface area (Å²) in [7, 11) is 1.16. The Bertz CT molecular complexity index is 520. The fourth-order valence-corrected chi connectivity index (χ4v) is 1.77. The lowest BCUT2D eigenvalue weighted by atomic mass is 9.97. The number of hydrogen-bond donors (Lipinski definition) is 0. The van der Waals surface area contributed by atoms with Crippen LogP contribution in [0.5, 0.6) is 5.75 Å². The molecule has 0 unspecified atom stereocenters. The maximum Gasteiger partial charge on any atom is 0.418 e. The zero-order valence-corrected chi connectivity index (χ0v) is 10.7. The Morgan fingerprint density at radius 1 is 1.50 bits per heavy atom. The number of Topliss-reactive ketones (excluding diaryl/α,β-unsaturated/α-hetero) is 1. The van der Waals surface area contributed by atoms with Crippen molar-refractivity contribution < 1.29 is 22.7 Å². The molecule has 96 valence electrons. The molecule has 0 heterocycles.